The molecule has 6 nitrogen and oxygen atoms in total. The molecule has 0 aromatic heterocycles. The van der Waals surface area contributed by atoms with Gasteiger partial charge in [0.05, 0.1) is 5.69 Å². The van der Waals surface area contributed by atoms with Crippen LogP contribution >= 0.6 is 0 Å². The van der Waals surface area contributed by atoms with E-state index < -0.39 is 10.1 Å². The van der Waals surface area contributed by atoms with E-state index in [1.54, 1.807) is 24.3 Å². The van der Waals surface area contributed by atoms with Crippen molar-refractivity contribution in [1.82, 2.24) is 0 Å². The molecule has 3 aromatic rings. The van der Waals surface area contributed by atoms with Gasteiger partial charge >= 0.3 is 0 Å². The predicted octanol–water partition coefficient (Wildman–Crippen LogP) is 3.43. The Morgan fingerprint density at radius 1 is 1.00 bits per heavy atom. The Morgan fingerprint density at radius 3 is 2.38 bits per heavy atom. The molecule has 0 aliphatic carbocycles. The number of benzene rings is 3. The maximum Gasteiger partial charge on any atom is 0.296 e. The van der Waals surface area contributed by atoms with Crippen molar-refractivity contribution in [2.75, 3.05) is 11.1 Å². The molecule has 0 aliphatic rings. The zero-order chi connectivity index (χ0) is 17.5. The normalized spacial score (nSPS) is 11.6. The molecule has 0 atom stereocenters. The summed E-state index contributed by atoms with van der Waals surface area (Å²) in [4.78, 5) is -0.346. The van der Waals surface area contributed by atoms with E-state index in [0.29, 0.717) is 11.4 Å². The van der Waals surface area contributed by atoms with Crippen LogP contribution in [0, 0.1) is 6.92 Å². The summed E-state index contributed by atoms with van der Waals surface area (Å²) < 4.78 is 31.9. The van der Waals surface area contributed by atoms with Crippen LogP contribution in [-0.2, 0) is 10.1 Å². The number of phenols is 1. The van der Waals surface area contributed by atoms with Gasteiger partial charge in [-0.1, -0.05) is 6.07 Å². The maximum atomic E-state index is 11.3. The number of nitrogen functional groups attached to an aromatic ring is 1. The van der Waals surface area contributed by atoms with E-state index in [4.69, 9.17) is 5.73 Å². The molecule has 3 aromatic carbocycles. The molecule has 3 rings (SSSR count). The summed E-state index contributed by atoms with van der Waals surface area (Å²) in [5.41, 5.74) is 7.66. The summed E-state index contributed by atoms with van der Waals surface area (Å²) in [6.45, 7) is 1.89. The molecule has 0 unspecified atom stereocenters. The zero-order valence-corrected chi connectivity index (χ0v) is 13.6. The minimum atomic E-state index is -4.39. The molecule has 0 amide bonds. The predicted molar refractivity (Wildman–Crippen MR) is 94.3 cm³/mol. The van der Waals surface area contributed by atoms with Crippen LogP contribution in [0.25, 0.3) is 10.8 Å². The summed E-state index contributed by atoms with van der Waals surface area (Å²) in [5.74, 6) is 0.206. The lowest BCUT2D eigenvalue weighted by Crippen LogP contribution is -2.04. The smallest absolute Gasteiger partial charge is 0.296 e. The highest BCUT2D eigenvalue weighted by Gasteiger charge is 2.14. The minimum Gasteiger partial charge on any atom is -0.507 e. The fraction of sp³-hybridized carbons (Fsp3) is 0.0588. The molecular formula is C17H16N2O4S. The maximum absolute atomic E-state index is 11.3. The number of rotatable bonds is 3. The average Bonchev–Trinajstić information content (AvgIpc) is 2.47. The van der Waals surface area contributed by atoms with Crippen LogP contribution < -0.4 is 11.1 Å². The molecule has 0 saturated heterocycles. The van der Waals surface area contributed by atoms with Crippen molar-refractivity contribution in [2.45, 2.75) is 11.8 Å². The lowest BCUT2D eigenvalue weighted by molar-refractivity contribution is 0.481. The van der Waals surface area contributed by atoms with Crippen molar-refractivity contribution >= 4 is 38.0 Å². The Hall–Kier alpha value is -2.77. The number of phenolic OH excluding ortho intramolecular Hbond substituents is 1. The van der Waals surface area contributed by atoms with Crippen molar-refractivity contribution in [1.29, 1.82) is 0 Å². The van der Waals surface area contributed by atoms with Gasteiger partial charge < -0.3 is 16.2 Å². The lowest BCUT2D eigenvalue weighted by atomic mass is 10.1. The van der Waals surface area contributed by atoms with Gasteiger partial charge in [0.1, 0.15) is 10.6 Å². The largest absolute Gasteiger partial charge is 0.507 e. The first-order chi connectivity index (χ1) is 11.2. The summed E-state index contributed by atoms with van der Waals surface area (Å²) in [6, 6.07) is 13.3. The third-order valence-electron chi connectivity index (χ3n) is 3.66. The Bertz CT molecular complexity index is 1050. The number of aryl methyl sites for hydroxylation is 1. The van der Waals surface area contributed by atoms with E-state index >= 15 is 0 Å². The Balaban J connectivity index is 2.01. The fourth-order valence-electron chi connectivity index (χ4n) is 2.58. The van der Waals surface area contributed by atoms with Crippen LogP contribution in [0.3, 0.4) is 0 Å². The molecule has 0 bridgehead atoms. The van der Waals surface area contributed by atoms with Gasteiger partial charge in [-0.3, -0.25) is 4.55 Å². The molecule has 0 spiro atoms. The quantitative estimate of drug-likeness (QED) is 0.428. The Labute approximate surface area is 139 Å². The van der Waals surface area contributed by atoms with Crippen molar-refractivity contribution in [3.63, 3.8) is 0 Å². The minimum absolute atomic E-state index is 0.0258. The second-order valence-corrected chi connectivity index (χ2v) is 6.96. The van der Waals surface area contributed by atoms with Gasteiger partial charge in [-0.05, 0) is 60.3 Å². The highest BCUT2D eigenvalue weighted by molar-refractivity contribution is 7.86. The highest BCUT2D eigenvalue weighted by atomic mass is 32.2. The van der Waals surface area contributed by atoms with Gasteiger partial charge in [0.25, 0.3) is 10.1 Å². The first-order valence-electron chi connectivity index (χ1n) is 7.11. The summed E-state index contributed by atoms with van der Waals surface area (Å²) in [7, 11) is -4.39. The highest BCUT2D eigenvalue weighted by Crippen LogP contribution is 2.30. The van der Waals surface area contributed by atoms with Gasteiger partial charge in [-0.15, -0.1) is 0 Å². The molecule has 0 saturated carbocycles. The number of nitrogens with one attached hydrogen (secondary N) is 1. The van der Waals surface area contributed by atoms with E-state index in [9.17, 15) is 18.1 Å². The topological polar surface area (TPSA) is 113 Å². The standard InChI is InChI=1S/C17H16N2O4S/c1-10-6-11-8-12(2-4-14(11)16(20)7-10)19-13-3-5-15(18)17(9-13)24(21,22)23/h2-9,19-20H,18H2,1H3,(H,21,22,23). The number of anilines is 3. The first kappa shape index (κ1) is 16.1. The van der Waals surface area contributed by atoms with Gasteiger partial charge in [-0.25, -0.2) is 0 Å². The second-order valence-electron chi connectivity index (χ2n) is 5.57. The number of aromatic hydroxyl groups is 1. The van der Waals surface area contributed by atoms with Crippen molar-refractivity contribution in [2.24, 2.45) is 0 Å². The van der Waals surface area contributed by atoms with E-state index in [0.717, 1.165) is 16.3 Å². The molecular weight excluding hydrogens is 328 g/mol. The van der Waals surface area contributed by atoms with Crippen LogP contribution in [0.5, 0.6) is 5.75 Å². The third kappa shape index (κ3) is 3.12. The van der Waals surface area contributed by atoms with Crippen LogP contribution in [0.15, 0.2) is 53.4 Å². The van der Waals surface area contributed by atoms with Crippen molar-refractivity contribution in [3.05, 3.63) is 54.1 Å². The van der Waals surface area contributed by atoms with Crippen LogP contribution in [0.1, 0.15) is 5.56 Å². The van der Waals surface area contributed by atoms with Crippen molar-refractivity contribution < 1.29 is 18.1 Å². The van der Waals surface area contributed by atoms with E-state index in [-0.39, 0.29) is 16.3 Å². The van der Waals surface area contributed by atoms with E-state index in [1.165, 1.54) is 12.1 Å². The SMILES string of the molecule is Cc1cc(O)c2ccc(Nc3ccc(N)c(S(=O)(=O)O)c3)cc2c1. The first-order valence-corrected chi connectivity index (χ1v) is 8.55. The number of fused-ring (bicyclic) bond motifs is 1. The van der Waals surface area contributed by atoms with Gasteiger partial charge in [0.2, 0.25) is 0 Å². The summed E-state index contributed by atoms with van der Waals surface area (Å²) in [5, 5.41) is 14.6. The molecule has 24 heavy (non-hydrogen) atoms. The number of hydrogen-bond acceptors (Lipinski definition) is 5. The van der Waals surface area contributed by atoms with E-state index in [2.05, 4.69) is 5.32 Å². The third-order valence-corrected chi connectivity index (χ3v) is 4.56. The molecule has 0 heterocycles. The van der Waals surface area contributed by atoms with Crippen molar-refractivity contribution in [3.8, 4) is 5.75 Å². The number of nitrogens with two attached hydrogens (primary N) is 1. The fourth-order valence-corrected chi connectivity index (χ4v) is 3.22. The monoisotopic (exact) mass is 344 g/mol. The molecule has 0 aliphatic heterocycles. The van der Waals surface area contributed by atoms with E-state index in [1.807, 2.05) is 19.1 Å². The molecule has 0 fully saturated rings. The van der Waals surface area contributed by atoms with Gasteiger partial charge in [0, 0.05) is 16.8 Å². The molecule has 5 N–H and O–H groups in total. The summed E-state index contributed by atoms with van der Waals surface area (Å²) >= 11 is 0. The molecule has 0 radical (unpaired) electrons. The number of hydrogen-bond donors (Lipinski definition) is 4. The van der Waals surface area contributed by atoms with Gasteiger partial charge in [-0.2, -0.15) is 8.42 Å². The molecule has 124 valence electrons. The zero-order valence-electron chi connectivity index (χ0n) is 12.8. The Morgan fingerprint density at radius 2 is 1.67 bits per heavy atom. The Kier molecular flexibility index (Phi) is 3.82. The van der Waals surface area contributed by atoms with Crippen LogP contribution in [-0.4, -0.2) is 18.1 Å². The van der Waals surface area contributed by atoms with Gasteiger partial charge in [0.15, 0.2) is 0 Å². The average molecular weight is 344 g/mol. The van der Waals surface area contributed by atoms with Crippen LogP contribution in [0.4, 0.5) is 17.1 Å². The summed E-state index contributed by atoms with van der Waals surface area (Å²) in [6.07, 6.45) is 0. The molecule has 7 heteroatoms. The van der Waals surface area contributed by atoms with Crippen LogP contribution in [0.2, 0.25) is 0 Å². The lowest BCUT2D eigenvalue weighted by Gasteiger charge is -2.11. The second kappa shape index (κ2) is 5.70.